The van der Waals surface area contributed by atoms with E-state index < -0.39 is 0 Å². The molecular formula is C10H18ClNO. The minimum absolute atomic E-state index is 0.489. The highest BCUT2D eigenvalue weighted by Gasteiger charge is 2.28. The fourth-order valence-electron chi connectivity index (χ4n) is 1.45. The van der Waals surface area contributed by atoms with Gasteiger partial charge in [-0.25, -0.2) is 0 Å². The van der Waals surface area contributed by atoms with Crippen LogP contribution in [0, 0.1) is 0 Å². The van der Waals surface area contributed by atoms with Gasteiger partial charge in [-0.1, -0.05) is 11.6 Å². The summed E-state index contributed by atoms with van der Waals surface area (Å²) in [6.45, 7) is 5.80. The highest BCUT2D eigenvalue weighted by atomic mass is 35.5. The van der Waals surface area contributed by atoms with E-state index in [1.165, 1.54) is 5.57 Å². The Morgan fingerprint density at radius 1 is 1.62 bits per heavy atom. The molecule has 0 aromatic heterocycles. The van der Waals surface area contributed by atoms with Gasteiger partial charge in [0.15, 0.2) is 0 Å². The summed E-state index contributed by atoms with van der Waals surface area (Å²) in [7, 11) is 0. The summed E-state index contributed by atoms with van der Waals surface area (Å²) in [5.41, 5.74) is 2.81. The predicted molar refractivity (Wildman–Crippen MR) is 56.0 cm³/mol. The van der Waals surface area contributed by atoms with Crippen molar-refractivity contribution in [3.05, 3.63) is 11.1 Å². The Morgan fingerprint density at radius 2 is 2.31 bits per heavy atom. The number of halogens is 1. The van der Waals surface area contributed by atoms with Crippen LogP contribution in [0.2, 0.25) is 0 Å². The van der Waals surface area contributed by atoms with Crippen LogP contribution >= 0.6 is 11.6 Å². The van der Waals surface area contributed by atoms with Gasteiger partial charge in [0.2, 0.25) is 0 Å². The molecule has 2 nitrogen and oxygen atoms in total. The van der Waals surface area contributed by atoms with Crippen molar-refractivity contribution >= 4 is 11.6 Å². The monoisotopic (exact) mass is 203 g/mol. The van der Waals surface area contributed by atoms with Crippen LogP contribution in [0.25, 0.3) is 0 Å². The molecule has 0 aliphatic heterocycles. The first-order chi connectivity index (χ1) is 6.26. The van der Waals surface area contributed by atoms with Gasteiger partial charge in [0, 0.05) is 24.7 Å². The Kier molecular flexibility index (Phi) is 4.78. The van der Waals surface area contributed by atoms with E-state index in [2.05, 4.69) is 5.32 Å². The van der Waals surface area contributed by atoms with E-state index in [9.17, 15) is 0 Å². The van der Waals surface area contributed by atoms with Crippen molar-refractivity contribution in [3.8, 4) is 0 Å². The number of hydrogen-bond donors (Lipinski definition) is 1. The molecular weight excluding hydrogens is 186 g/mol. The molecule has 1 aliphatic carbocycles. The molecule has 1 fully saturated rings. The van der Waals surface area contributed by atoms with Crippen LogP contribution in [0.15, 0.2) is 11.1 Å². The topological polar surface area (TPSA) is 21.3 Å². The standard InChI is InChI=1S/C10H18ClNO/c1-3-13-10-4-9(5-10)12-7-8(2)6-11/h6,9-10,12H,3-5,7H2,1-2H3. The third-order valence-corrected chi connectivity index (χ3v) is 2.73. The molecule has 1 saturated carbocycles. The van der Waals surface area contributed by atoms with Gasteiger partial charge in [0.05, 0.1) is 6.10 Å². The number of hydrogen-bond acceptors (Lipinski definition) is 2. The smallest absolute Gasteiger partial charge is 0.0604 e. The van der Waals surface area contributed by atoms with Gasteiger partial charge in [-0.15, -0.1) is 0 Å². The zero-order valence-electron chi connectivity index (χ0n) is 8.35. The molecule has 3 heteroatoms. The SMILES string of the molecule is CCOC1CC(NCC(C)=CCl)C1. The van der Waals surface area contributed by atoms with Crippen LogP contribution in [-0.2, 0) is 4.74 Å². The zero-order valence-corrected chi connectivity index (χ0v) is 9.10. The molecule has 0 aromatic rings. The summed E-state index contributed by atoms with van der Waals surface area (Å²) in [6.07, 6.45) is 2.77. The molecule has 0 bridgehead atoms. The summed E-state index contributed by atoms with van der Waals surface area (Å²) >= 11 is 5.55. The lowest BCUT2D eigenvalue weighted by Crippen LogP contribution is -2.45. The summed E-state index contributed by atoms with van der Waals surface area (Å²) in [5, 5.41) is 3.43. The van der Waals surface area contributed by atoms with Crippen molar-refractivity contribution in [2.75, 3.05) is 13.2 Å². The average Bonchev–Trinajstić information content (AvgIpc) is 2.08. The van der Waals surface area contributed by atoms with Crippen LogP contribution < -0.4 is 5.32 Å². The van der Waals surface area contributed by atoms with E-state index in [1.807, 2.05) is 13.8 Å². The highest BCUT2D eigenvalue weighted by Crippen LogP contribution is 2.23. The third kappa shape index (κ3) is 3.67. The van der Waals surface area contributed by atoms with E-state index in [0.29, 0.717) is 12.1 Å². The molecule has 0 atom stereocenters. The normalized spacial score (nSPS) is 28.7. The molecule has 0 aromatic carbocycles. The van der Waals surface area contributed by atoms with Gasteiger partial charge in [-0.3, -0.25) is 0 Å². The van der Waals surface area contributed by atoms with Crippen molar-refractivity contribution in [2.24, 2.45) is 0 Å². The molecule has 0 spiro atoms. The van der Waals surface area contributed by atoms with E-state index in [4.69, 9.17) is 16.3 Å². The number of rotatable bonds is 5. The van der Waals surface area contributed by atoms with Gasteiger partial charge < -0.3 is 10.1 Å². The Balaban J connectivity index is 2.02. The summed E-state index contributed by atoms with van der Waals surface area (Å²) in [4.78, 5) is 0. The van der Waals surface area contributed by atoms with Crippen molar-refractivity contribution in [2.45, 2.75) is 38.8 Å². The lowest BCUT2D eigenvalue weighted by molar-refractivity contribution is -0.00913. The van der Waals surface area contributed by atoms with Crippen molar-refractivity contribution in [1.82, 2.24) is 5.32 Å². The van der Waals surface area contributed by atoms with Crippen molar-refractivity contribution in [3.63, 3.8) is 0 Å². The molecule has 0 radical (unpaired) electrons. The van der Waals surface area contributed by atoms with Gasteiger partial charge in [0.25, 0.3) is 0 Å². The third-order valence-electron chi connectivity index (χ3n) is 2.35. The molecule has 1 rings (SSSR count). The minimum atomic E-state index is 0.489. The highest BCUT2D eigenvalue weighted by molar-refractivity contribution is 6.25. The fourth-order valence-corrected chi connectivity index (χ4v) is 1.53. The first kappa shape index (κ1) is 11.0. The second-order valence-electron chi connectivity index (χ2n) is 3.58. The van der Waals surface area contributed by atoms with E-state index >= 15 is 0 Å². The van der Waals surface area contributed by atoms with Crippen LogP contribution in [0.1, 0.15) is 26.7 Å². The quantitative estimate of drug-likeness (QED) is 0.741. The van der Waals surface area contributed by atoms with Gasteiger partial charge in [-0.05, 0) is 32.3 Å². The average molecular weight is 204 g/mol. The Hall–Kier alpha value is -0.0500. The molecule has 1 aliphatic rings. The first-order valence-corrected chi connectivity index (χ1v) is 5.30. The van der Waals surface area contributed by atoms with E-state index in [0.717, 1.165) is 26.0 Å². The predicted octanol–water partition coefficient (Wildman–Crippen LogP) is 2.29. The van der Waals surface area contributed by atoms with Crippen LogP contribution in [-0.4, -0.2) is 25.3 Å². The minimum Gasteiger partial charge on any atom is -0.378 e. The van der Waals surface area contributed by atoms with Gasteiger partial charge in [-0.2, -0.15) is 0 Å². The first-order valence-electron chi connectivity index (χ1n) is 4.87. The second kappa shape index (κ2) is 5.63. The summed E-state index contributed by atoms with van der Waals surface area (Å²) < 4.78 is 5.46. The maximum Gasteiger partial charge on any atom is 0.0604 e. The second-order valence-corrected chi connectivity index (χ2v) is 3.80. The van der Waals surface area contributed by atoms with Crippen LogP contribution in [0.4, 0.5) is 0 Å². The molecule has 0 amide bonds. The Bertz CT molecular complexity index is 176. The molecule has 0 unspecified atom stereocenters. The van der Waals surface area contributed by atoms with Crippen LogP contribution in [0.5, 0.6) is 0 Å². The molecule has 0 heterocycles. The van der Waals surface area contributed by atoms with Crippen molar-refractivity contribution < 1.29 is 4.74 Å². The maximum absolute atomic E-state index is 5.55. The Morgan fingerprint density at radius 3 is 2.85 bits per heavy atom. The molecule has 1 N–H and O–H groups in total. The maximum atomic E-state index is 5.55. The summed E-state index contributed by atoms with van der Waals surface area (Å²) in [6, 6.07) is 0.628. The van der Waals surface area contributed by atoms with Crippen LogP contribution in [0.3, 0.4) is 0 Å². The summed E-state index contributed by atoms with van der Waals surface area (Å²) in [5.74, 6) is 0. The number of ether oxygens (including phenoxy) is 1. The Labute approximate surface area is 85.3 Å². The van der Waals surface area contributed by atoms with Gasteiger partial charge in [0.1, 0.15) is 0 Å². The lowest BCUT2D eigenvalue weighted by Gasteiger charge is -2.35. The van der Waals surface area contributed by atoms with E-state index in [1.54, 1.807) is 5.54 Å². The molecule has 0 saturated heterocycles. The fraction of sp³-hybridized carbons (Fsp3) is 0.800. The molecule has 13 heavy (non-hydrogen) atoms. The van der Waals surface area contributed by atoms with Crippen molar-refractivity contribution in [1.29, 1.82) is 0 Å². The van der Waals surface area contributed by atoms with E-state index in [-0.39, 0.29) is 0 Å². The zero-order chi connectivity index (χ0) is 9.68. The molecule has 76 valence electrons. The lowest BCUT2D eigenvalue weighted by atomic mass is 9.89. The number of nitrogens with one attached hydrogen (secondary N) is 1. The van der Waals surface area contributed by atoms with Gasteiger partial charge >= 0.3 is 0 Å². The largest absolute Gasteiger partial charge is 0.378 e.